The summed E-state index contributed by atoms with van der Waals surface area (Å²) in [6.07, 6.45) is 12.1. The number of nitrogens with one attached hydrogen (secondary N) is 1. The fourth-order valence-electron chi connectivity index (χ4n) is 2.32. The fraction of sp³-hybridized carbons (Fsp3) is 0.231. The standard InChI is InChI=1S/C13H13N7S/c1-19-8-9(6-16-19)10-7-15-13-12(14-4-5-20(10)13)18-11-2-3-17-21-11/h3-8,11H,2H2,1H3,(H,14,18). The number of rotatable bonds is 3. The first-order chi connectivity index (χ1) is 10.3. The van der Waals surface area contributed by atoms with Gasteiger partial charge in [0.25, 0.3) is 0 Å². The highest BCUT2D eigenvalue weighted by Gasteiger charge is 2.16. The van der Waals surface area contributed by atoms with Crippen LogP contribution in [0.3, 0.4) is 0 Å². The number of hydrogen-bond acceptors (Lipinski definition) is 6. The fourth-order valence-corrected chi connectivity index (χ4v) is 2.98. The van der Waals surface area contributed by atoms with Crippen molar-refractivity contribution in [2.45, 2.75) is 11.8 Å². The minimum Gasteiger partial charge on any atom is -0.353 e. The van der Waals surface area contributed by atoms with E-state index in [1.165, 1.54) is 11.9 Å². The molecule has 0 aliphatic carbocycles. The van der Waals surface area contributed by atoms with Gasteiger partial charge in [0.2, 0.25) is 0 Å². The average molecular weight is 299 g/mol. The van der Waals surface area contributed by atoms with Gasteiger partial charge in [-0.15, -0.1) is 0 Å². The van der Waals surface area contributed by atoms with Crippen molar-refractivity contribution < 1.29 is 0 Å². The van der Waals surface area contributed by atoms with Crippen LogP contribution in [-0.2, 0) is 7.05 Å². The molecule has 1 atom stereocenters. The van der Waals surface area contributed by atoms with E-state index >= 15 is 0 Å². The normalized spacial score (nSPS) is 17.7. The quantitative estimate of drug-likeness (QED) is 0.749. The Morgan fingerprint density at radius 3 is 3.05 bits per heavy atom. The molecule has 0 amide bonds. The van der Waals surface area contributed by atoms with Crippen molar-refractivity contribution in [1.29, 1.82) is 0 Å². The van der Waals surface area contributed by atoms with Crippen LogP contribution in [-0.4, -0.2) is 35.7 Å². The topological polar surface area (TPSA) is 72.4 Å². The molecule has 106 valence electrons. The van der Waals surface area contributed by atoms with E-state index in [1.54, 1.807) is 10.9 Å². The lowest BCUT2D eigenvalue weighted by molar-refractivity contribution is 0.768. The van der Waals surface area contributed by atoms with Gasteiger partial charge < -0.3 is 5.32 Å². The number of fused-ring (bicyclic) bond motifs is 1. The van der Waals surface area contributed by atoms with Gasteiger partial charge in [-0.05, 0) is 11.9 Å². The van der Waals surface area contributed by atoms with Crippen LogP contribution < -0.4 is 5.32 Å². The molecule has 1 aliphatic rings. The van der Waals surface area contributed by atoms with Gasteiger partial charge in [0.15, 0.2) is 11.5 Å². The predicted octanol–water partition coefficient (Wildman–Crippen LogP) is 1.99. The summed E-state index contributed by atoms with van der Waals surface area (Å²) in [5.41, 5.74) is 2.84. The Balaban J connectivity index is 1.75. The zero-order valence-electron chi connectivity index (χ0n) is 11.3. The number of aromatic nitrogens is 5. The molecule has 0 saturated heterocycles. The van der Waals surface area contributed by atoms with Crippen molar-refractivity contribution in [2.24, 2.45) is 11.4 Å². The van der Waals surface area contributed by atoms with Crippen LogP contribution in [0, 0.1) is 0 Å². The largest absolute Gasteiger partial charge is 0.353 e. The van der Waals surface area contributed by atoms with Gasteiger partial charge in [0.05, 0.1) is 18.1 Å². The Labute approximate surface area is 125 Å². The van der Waals surface area contributed by atoms with E-state index in [2.05, 4.69) is 24.8 Å². The third-order valence-electron chi connectivity index (χ3n) is 3.31. The van der Waals surface area contributed by atoms with E-state index in [-0.39, 0.29) is 5.37 Å². The Morgan fingerprint density at radius 1 is 1.33 bits per heavy atom. The molecule has 1 unspecified atom stereocenters. The Morgan fingerprint density at radius 2 is 2.29 bits per heavy atom. The van der Waals surface area contributed by atoms with Crippen LogP contribution in [0.1, 0.15) is 6.42 Å². The summed E-state index contributed by atoms with van der Waals surface area (Å²) in [5, 5.41) is 7.81. The highest BCUT2D eigenvalue weighted by atomic mass is 32.2. The number of aryl methyl sites for hydroxylation is 1. The molecule has 21 heavy (non-hydrogen) atoms. The predicted molar refractivity (Wildman–Crippen MR) is 83.3 cm³/mol. The van der Waals surface area contributed by atoms with E-state index < -0.39 is 0 Å². The molecule has 8 heteroatoms. The highest BCUT2D eigenvalue weighted by molar-refractivity contribution is 7.99. The molecular formula is C13H13N7S. The van der Waals surface area contributed by atoms with Crippen molar-refractivity contribution >= 4 is 29.6 Å². The molecule has 0 spiro atoms. The van der Waals surface area contributed by atoms with Crippen LogP contribution >= 0.6 is 11.9 Å². The minimum absolute atomic E-state index is 0.224. The van der Waals surface area contributed by atoms with E-state index in [0.717, 1.165) is 29.1 Å². The number of anilines is 1. The third kappa shape index (κ3) is 2.17. The highest BCUT2D eigenvalue weighted by Crippen LogP contribution is 2.26. The smallest absolute Gasteiger partial charge is 0.180 e. The first kappa shape index (κ1) is 12.4. The van der Waals surface area contributed by atoms with E-state index in [1.807, 2.05) is 42.5 Å². The van der Waals surface area contributed by atoms with E-state index in [9.17, 15) is 0 Å². The SMILES string of the molecule is Cn1cc(-c2cnc3c(NC4CC=NS4)nccn23)cn1. The molecule has 3 aromatic rings. The number of hydrogen-bond donors (Lipinski definition) is 1. The molecule has 4 heterocycles. The number of nitrogens with zero attached hydrogens (tertiary/aromatic N) is 6. The van der Waals surface area contributed by atoms with Gasteiger partial charge in [-0.3, -0.25) is 9.08 Å². The van der Waals surface area contributed by atoms with Crippen molar-refractivity contribution in [3.63, 3.8) is 0 Å². The Kier molecular flexibility index (Phi) is 2.88. The summed E-state index contributed by atoms with van der Waals surface area (Å²) in [7, 11) is 1.90. The summed E-state index contributed by atoms with van der Waals surface area (Å²) in [4.78, 5) is 8.90. The monoisotopic (exact) mass is 299 g/mol. The molecule has 0 fully saturated rings. The lowest BCUT2D eigenvalue weighted by atomic mass is 10.3. The van der Waals surface area contributed by atoms with Gasteiger partial charge in [-0.25, -0.2) is 14.4 Å². The van der Waals surface area contributed by atoms with Crippen LogP contribution in [0.5, 0.6) is 0 Å². The molecule has 0 aromatic carbocycles. The molecule has 7 nitrogen and oxygen atoms in total. The summed E-state index contributed by atoms with van der Waals surface area (Å²) in [5.74, 6) is 0.774. The minimum atomic E-state index is 0.224. The second-order valence-corrected chi connectivity index (χ2v) is 5.77. The second kappa shape index (κ2) is 4.88. The van der Waals surface area contributed by atoms with Gasteiger partial charge in [0, 0.05) is 43.8 Å². The van der Waals surface area contributed by atoms with Crippen molar-refractivity contribution in [3.8, 4) is 11.3 Å². The lowest BCUT2D eigenvalue weighted by Crippen LogP contribution is -2.14. The summed E-state index contributed by atoms with van der Waals surface area (Å²) in [6, 6.07) is 0. The molecule has 1 N–H and O–H groups in total. The van der Waals surface area contributed by atoms with Crippen LogP contribution in [0.4, 0.5) is 5.82 Å². The van der Waals surface area contributed by atoms with Crippen molar-refractivity contribution in [1.82, 2.24) is 24.1 Å². The lowest BCUT2D eigenvalue weighted by Gasteiger charge is -2.11. The molecule has 4 rings (SSSR count). The van der Waals surface area contributed by atoms with Gasteiger partial charge in [0.1, 0.15) is 5.37 Å². The maximum atomic E-state index is 4.50. The molecule has 1 aliphatic heterocycles. The zero-order valence-corrected chi connectivity index (χ0v) is 12.2. The number of imidazole rings is 1. The molecule has 0 saturated carbocycles. The summed E-state index contributed by atoms with van der Waals surface area (Å²) >= 11 is 1.52. The first-order valence-electron chi connectivity index (χ1n) is 6.56. The first-order valence-corrected chi connectivity index (χ1v) is 7.40. The van der Waals surface area contributed by atoms with Gasteiger partial charge in [-0.1, -0.05) is 0 Å². The molecule has 0 radical (unpaired) electrons. The average Bonchev–Trinajstić information content (AvgIpc) is 3.18. The second-order valence-electron chi connectivity index (χ2n) is 4.78. The van der Waals surface area contributed by atoms with Crippen LogP contribution in [0.2, 0.25) is 0 Å². The summed E-state index contributed by atoms with van der Waals surface area (Å²) < 4.78 is 7.96. The maximum absolute atomic E-state index is 4.50. The van der Waals surface area contributed by atoms with Gasteiger partial charge in [-0.2, -0.15) is 5.10 Å². The Hall–Kier alpha value is -2.35. The maximum Gasteiger partial charge on any atom is 0.180 e. The van der Waals surface area contributed by atoms with Crippen molar-refractivity contribution in [2.75, 3.05) is 5.32 Å². The van der Waals surface area contributed by atoms with E-state index in [0.29, 0.717) is 0 Å². The molecular weight excluding hydrogens is 286 g/mol. The third-order valence-corrected chi connectivity index (χ3v) is 4.14. The molecule has 3 aromatic heterocycles. The van der Waals surface area contributed by atoms with Crippen LogP contribution in [0.25, 0.3) is 16.9 Å². The summed E-state index contributed by atoms with van der Waals surface area (Å²) in [6.45, 7) is 0. The Bertz CT molecular complexity index is 811. The van der Waals surface area contributed by atoms with E-state index in [4.69, 9.17) is 0 Å². The van der Waals surface area contributed by atoms with Crippen LogP contribution in [0.15, 0.2) is 35.4 Å². The zero-order chi connectivity index (χ0) is 14.2. The van der Waals surface area contributed by atoms with Gasteiger partial charge >= 0.3 is 0 Å². The van der Waals surface area contributed by atoms with Crippen molar-refractivity contribution in [3.05, 3.63) is 31.0 Å². The molecule has 0 bridgehead atoms.